The topological polar surface area (TPSA) is 93.1 Å². The van der Waals surface area contributed by atoms with Crippen molar-refractivity contribution < 1.29 is 13.2 Å². The number of aromatic amines is 1. The molecule has 8 nitrogen and oxygen atoms in total. The molecule has 2 aromatic rings. The van der Waals surface area contributed by atoms with Gasteiger partial charge in [-0.05, 0) is 13.0 Å². The first-order valence-corrected chi connectivity index (χ1v) is 8.03. The Labute approximate surface area is 122 Å². The normalized spacial score (nSPS) is 20.8. The number of aryl methyl sites for hydroxylation is 2. The first kappa shape index (κ1) is 14.2. The molecule has 0 bridgehead atoms. The predicted octanol–water partition coefficient (Wildman–Crippen LogP) is 0.214. The molecule has 0 spiro atoms. The zero-order valence-corrected chi connectivity index (χ0v) is 12.7. The molecule has 2 aromatic heterocycles. The highest BCUT2D eigenvalue weighted by Gasteiger charge is 2.37. The van der Waals surface area contributed by atoms with Crippen molar-refractivity contribution in [1.82, 2.24) is 24.3 Å². The maximum atomic E-state index is 12.9. The lowest BCUT2D eigenvalue weighted by Gasteiger charge is -2.33. The largest absolute Gasteiger partial charge is 0.378 e. The van der Waals surface area contributed by atoms with Crippen LogP contribution in [0.3, 0.4) is 0 Å². The Bertz CT molecular complexity index is 722. The van der Waals surface area contributed by atoms with Crippen LogP contribution < -0.4 is 0 Å². The Kier molecular flexibility index (Phi) is 3.56. The summed E-state index contributed by atoms with van der Waals surface area (Å²) in [6.45, 7) is 2.68. The average Bonchev–Trinajstić information content (AvgIpc) is 3.08. The summed E-state index contributed by atoms with van der Waals surface area (Å²) in [6.07, 6.45) is 3.13. The van der Waals surface area contributed by atoms with Gasteiger partial charge in [0.05, 0.1) is 30.6 Å². The molecule has 1 aliphatic rings. The Balaban J connectivity index is 2.01. The molecule has 1 saturated heterocycles. The molecule has 1 N–H and O–H groups in total. The highest BCUT2D eigenvalue weighted by molar-refractivity contribution is 7.89. The predicted molar refractivity (Wildman–Crippen MR) is 74.0 cm³/mol. The molecular formula is C12H17N5O3S. The van der Waals surface area contributed by atoms with Gasteiger partial charge in [0.15, 0.2) is 0 Å². The molecule has 0 amide bonds. The summed E-state index contributed by atoms with van der Waals surface area (Å²) >= 11 is 0. The van der Waals surface area contributed by atoms with Crippen molar-refractivity contribution in [3.8, 4) is 0 Å². The molecule has 0 saturated carbocycles. The average molecular weight is 311 g/mol. The van der Waals surface area contributed by atoms with Crippen LogP contribution in [0.15, 0.2) is 23.4 Å². The summed E-state index contributed by atoms with van der Waals surface area (Å²) in [5.41, 5.74) is 1.21. The zero-order valence-electron chi connectivity index (χ0n) is 11.9. The number of hydrogen-bond acceptors (Lipinski definition) is 5. The van der Waals surface area contributed by atoms with Crippen molar-refractivity contribution in [2.24, 2.45) is 7.05 Å². The van der Waals surface area contributed by atoms with E-state index in [1.807, 2.05) is 0 Å². The molecule has 3 rings (SSSR count). The molecule has 0 radical (unpaired) electrons. The Hall–Kier alpha value is -1.71. The molecule has 1 fully saturated rings. The fourth-order valence-electron chi connectivity index (χ4n) is 2.53. The molecular weight excluding hydrogens is 294 g/mol. The van der Waals surface area contributed by atoms with E-state index < -0.39 is 16.1 Å². The fraction of sp³-hybridized carbons (Fsp3) is 0.500. The van der Waals surface area contributed by atoms with Crippen LogP contribution in [0.25, 0.3) is 0 Å². The van der Waals surface area contributed by atoms with Crippen molar-refractivity contribution in [3.05, 3.63) is 29.8 Å². The summed E-state index contributed by atoms with van der Waals surface area (Å²) in [4.78, 5) is 0.233. The number of nitrogens with zero attached hydrogens (tertiary/aromatic N) is 4. The molecule has 0 aromatic carbocycles. The van der Waals surface area contributed by atoms with Crippen LogP contribution in [0.4, 0.5) is 0 Å². The van der Waals surface area contributed by atoms with E-state index in [2.05, 4.69) is 15.3 Å². The molecule has 21 heavy (non-hydrogen) atoms. The molecule has 3 heterocycles. The van der Waals surface area contributed by atoms with Crippen molar-refractivity contribution in [2.75, 3.05) is 19.8 Å². The Morgan fingerprint density at radius 1 is 1.48 bits per heavy atom. The second-order valence-electron chi connectivity index (χ2n) is 4.97. The molecule has 1 aliphatic heterocycles. The second-order valence-corrected chi connectivity index (χ2v) is 6.83. The van der Waals surface area contributed by atoms with Gasteiger partial charge < -0.3 is 4.74 Å². The van der Waals surface area contributed by atoms with Gasteiger partial charge in [-0.1, -0.05) is 0 Å². The standard InChI is InChI=1S/C12H17N5O3S/c1-9-12(7-16(2)15-9)21(18,19)17-5-6-20-8-11(17)10-3-4-13-14-10/h3-4,7,11H,5-6,8H2,1-2H3,(H,13,14). The van der Waals surface area contributed by atoms with Crippen molar-refractivity contribution >= 4 is 10.0 Å². The summed E-state index contributed by atoms with van der Waals surface area (Å²) in [5, 5.41) is 10.8. The number of ether oxygens (including phenoxy) is 1. The summed E-state index contributed by atoms with van der Waals surface area (Å²) in [7, 11) is -1.92. The van der Waals surface area contributed by atoms with Crippen LogP contribution in [-0.4, -0.2) is 52.5 Å². The first-order valence-electron chi connectivity index (χ1n) is 6.59. The first-order chi connectivity index (χ1) is 10.00. The third-order valence-corrected chi connectivity index (χ3v) is 5.53. The van der Waals surface area contributed by atoms with E-state index in [1.165, 1.54) is 15.2 Å². The van der Waals surface area contributed by atoms with E-state index >= 15 is 0 Å². The zero-order chi connectivity index (χ0) is 15.0. The van der Waals surface area contributed by atoms with Gasteiger partial charge in [-0.25, -0.2) is 8.42 Å². The van der Waals surface area contributed by atoms with Gasteiger partial charge in [0.2, 0.25) is 10.0 Å². The van der Waals surface area contributed by atoms with E-state index in [4.69, 9.17) is 4.74 Å². The minimum atomic E-state index is -3.62. The van der Waals surface area contributed by atoms with E-state index in [0.29, 0.717) is 25.5 Å². The van der Waals surface area contributed by atoms with Gasteiger partial charge in [-0.15, -0.1) is 0 Å². The fourth-order valence-corrected chi connectivity index (χ4v) is 4.31. The van der Waals surface area contributed by atoms with Gasteiger partial charge in [0, 0.05) is 26.0 Å². The maximum Gasteiger partial charge on any atom is 0.247 e. The van der Waals surface area contributed by atoms with Crippen LogP contribution in [0.5, 0.6) is 0 Å². The monoisotopic (exact) mass is 311 g/mol. The highest BCUT2D eigenvalue weighted by atomic mass is 32.2. The van der Waals surface area contributed by atoms with Gasteiger partial charge in [-0.3, -0.25) is 9.78 Å². The molecule has 1 unspecified atom stereocenters. The number of sulfonamides is 1. The lowest BCUT2D eigenvalue weighted by atomic mass is 10.2. The van der Waals surface area contributed by atoms with Crippen molar-refractivity contribution in [1.29, 1.82) is 0 Å². The van der Waals surface area contributed by atoms with Crippen molar-refractivity contribution in [2.45, 2.75) is 17.9 Å². The summed E-state index contributed by atoms with van der Waals surface area (Å²) in [6, 6.07) is 1.36. The Morgan fingerprint density at radius 3 is 2.90 bits per heavy atom. The van der Waals surface area contributed by atoms with E-state index in [0.717, 1.165) is 5.69 Å². The number of nitrogens with one attached hydrogen (secondary N) is 1. The Morgan fingerprint density at radius 2 is 2.29 bits per heavy atom. The molecule has 1 atom stereocenters. The minimum Gasteiger partial charge on any atom is -0.378 e. The number of hydrogen-bond donors (Lipinski definition) is 1. The smallest absolute Gasteiger partial charge is 0.247 e. The van der Waals surface area contributed by atoms with Crippen LogP contribution >= 0.6 is 0 Å². The second kappa shape index (κ2) is 5.24. The number of rotatable bonds is 3. The maximum absolute atomic E-state index is 12.9. The lowest BCUT2D eigenvalue weighted by molar-refractivity contribution is 0.0305. The van der Waals surface area contributed by atoms with Crippen molar-refractivity contribution in [3.63, 3.8) is 0 Å². The van der Waals surface area contributed by atoms with Gasteiger partial charge >= 0.3 is 0 Å². The number of morpholine rings is 1. The van der Waals surface area contributed by atoms with Gasteiger partial charge in [0.1, 0.15) is 4.90 Å². The van der Waals surface area contributed by atoms with E-state index in [-0.39, 0.29) is 4.90 Å². The van der Waals surface area contributed by atoms with E-state index in [9.17, 15) is 8.42 Å². The van der Waals surface area contributed by atoms with E-state index in [1.54, 1.807) is 26.2 Å². The SMILES string of the molecule is Cc1nn(C)cc1S(=O)(=O)N1CCOCC1c1ccn[nH]1. The van der Waals surface area contributed by atoms with Crippen LogP contribution in [0, 0.1) is 6.92 Å². The highest BCUT2D eigenvalue weighted by Crippen LogP contribution is 2.30. The van der Waals surface area contributed by atoms with Gasteiger partial charge in [-0.2, -0.15) is 14.5 Å². The number of aromatic nitrogens is 4. The van der Waals surface area contributed by atoms with Crippen LogP contribution in [0.1, 0.15) is 17.4 Å². The molecule has 114 valence electrons. The summed E-state index contributed by atoms with van der Waals surface area (Å²) in [5.74, 6) is 0. The van der Waals surface area contributed by atoms with Crippen LogP contribution in [0.2, 0.25) is 0 Å². The quantitative estimate of drug-likeness (QED) is 0.875. The molecule has 0 aliphatic carbocycles. The third kappa shape index (κ3) is 2.47. The lowest BCUT2D eigenvalue weighted by Crippen LogP contribution is -2.43. The summed E-state index contributed by atoms with van der Waals surface area (Å²) < 4.78 is 34.2. The van der Waals surface area contributed by atoms with Crippen LogP contribution in [-0.2, 0) is 21.8 Å². The molecule has 9 heteroatoms. The minimum absolute atomic E-state index is 0.233. The number of H-pyrrole nitrogens is 1. The third-order valence-electron chi connectivity index (χ3n) is 3.52. The van der Waals surface area contributed by atoms with Gasteiger partial charge in [0.25, 0.3) is 0 Å².